The zero-order valence-electron chi connectivity index (χ0n) is 14.2. The quantitative estimate of drug-likeness (QED) is 0.567. The van der Waals surface area contributed by atoms with Crippen molar-refractivity contribution >= 4 is 62.8 Å². The molecule has 0 atom stereocenters. The number of thiazole rings is 1. The third-order valence-corrected chi connectivity index (χ3v) is 6.13. The summed E-state index contributed by atoms with van der Waals surface area (Å²) in [6.45, 7) is 1.99. The Bertz CT molecular complexity index is 985. The fraction of sp³-hybridized carbons (Fsp3) is 0.167. The highest BCUT2D eigenvalue weighted by Crippen LogP contribution is 2.31. The normalized spacial score (nSPS) is 10.6. The summed E-state index contributed by atoms with van der Waals surface area (Å²) in [6.07, 6.45) is 0.186. The molecule has 27 heavy (non-hydrogen) atoms. The van der Waals surface area contributed by atoms with E-state index < -0.39 is 0 Å². The van der Waals surface area contributed by atoms with Crippen LogP contribution in [0.1, 0.15) is 17.4 Å². The average Bonchev–Trinajstić information content (AvgIpc) is 3.25. The molecule has 1 aromatic carbocycles. The van der Waals surface area contributed by atoms with Gasteiger partial charge in [-0.2, -0.15) is 0 Å². The highest BCUT2D eigenvalue weighted by atomic mass is 35.5. The fourth-order valence-electron chi connectivity index (χ4n) is 2.26. The monoisotopic (exact) mass is 439 g/mol. The Balaban J connectivity index is 1.61. The Hall–Kier alpha value is -1.93. The predicted octanol–water partition coefficient (Wildman–Crippen LogP) is 5.00. The molecule has 2 aromatic heterocycles. The minimum absolute atomic E-state index is 0.0643. The third-order valence-electron chi connectivity index (χ3n) is 3.52. The summed E-state index contributed by atoms with van der Waals surface area (Å²) < 4.78 is 0. The van der Waals surface area contributed by atoms with E-state index in [0.717, 1.165) is 21.0 Å². The van der Waals surface area contributed by atoms with E-state index in [-0.39, 0.29) is 18.2 Å². The molecule has 2 amide bonds. The average molecular weight is 440 g/mol. The Kier molecular flexibility index (Phi) is 6.49. The lowest BCUT2D eigenvalue weighted by molar-refractivity contribution is -0.119. The van der Waals surface area contributed by atoms with Crippen LogP contribution < -0.4 is 10.6 Å². The molecule has 0 aliphatic rings. The zero-order valence-corrected chi connectivity index (χ0v) is 17.4. The number of anilines is 1. The standard InChI is InChI=1S/C18H15Cl2N3O2S2/c1-10(24)21-8-12-3-5-16(27-12)15-9-26-18(22-15)23-17(25)7-11-2-4-13(19)14(20)6-11/h2-6,9H,7-8H2,1H3,(H,21,24)(H,22,23,25). The molecule has 0 bridgehead atoms. The van der Waals surface area contributed by atoms with Crippen molar-refractivity contribution in [2.45, 2.75) is 19.9 Å². The smallest absolute Gasteiger partial charge is 0.230 e. The number of carbonyl (C=O) groups excluding carboxylic acids is 2. The largest absolute Gasteiger partial charge is 0.351 e. The second-order valence-corrected chi connectivity index (χ2v) is 8.53. The van der Waals surface area contributed by atoms with Crippen LogP contribution in [0, 0.1) is 0 Å². The maximum Gasteiger partial charge on any atom is 0.230 e. The molecule has 0 aliphatic heterocycles. The number of nitrogens with zero attached hydrogens (tertiary/aromatic N) is 1. The first-order valence-electron chi connectivity index (χ1n) is 7.93. The lowest BCUT2D eigenvalue weighted by Crippen LogP contribution is -2.17. The third kappa shape index (κ3) is 5.52. The molecular weight excluding hydrogens is 425 g/mol. The molecule has 0 saturated carbocycles. The minimum atomic E-state index is -0.174. The molecular formula is C18H15Cl2N3O2S2. The van der Waals surface area contributed by atoms with Crippen molar-refractivity contribution in [2.24, 2.45) is 0 Å². The summed E-state index contributed by atoms with van der Waals surface area (Å²) in [4.78, 5) is 29.7. The number of thiophene rings is 1. The Morgan fingerprint density at radius 3 is 2.70 bits per heavy atom. The lowest BCUT2D eigenvalue weighted by atomic mass is 10.1. The summed E-state index contributed by atoms with van der Waals surface area (Å²) in [6, 6.07) is 9.03. The van der Waals surface area contributed by atoms with Gasteiger partial charge in [0.2, 0.25) is 11.8 Å². The van der Waals surface area contributed by atoms with Gasteiger partial charge in [0.25, 0.3) is 0 Å². The van der Waals surface area contributed by atoms with Gasteiger partial charge in [0.1, 0.15) is 0 Å². The van der Waals surface area contributed by atoms with Crippen LogP contribution in [0.5, 0.6) is 0 Å². The summed E-state index contributed by atoms with van der Waals surface area (Å²) in [5.41, 5.74) is 1.57. The van der Waals surface area contributed by atoms with Gasteiger partial charge in [0.15, 0.2) is 5.13 Å². The summed E-state index contributed by atoms with van der Waals surface area (Å²) in [5, 5.41) is 8.87. The zero-order chi connectivity index (χ0) is 19.4. The maximum absolute atomic E-state index is 12.2. The van der Waals surface area contributed by atoms with Crippen LogP contribution in [0.3, 0.4) is 0 Å². The molecule has 5 nitrogen and oxygen atoms in total. The molecule has 0 fully saturated rings. The van der Waals surface area contributed by atoms with Gasteiger partial charge in [-0.25, -0.2) is 4.98 Å². The number of hydrogen-bond donors (Lipinski definition) is 2. The van der Waals surface area contributed by atoms with Crippen molar-refractivity contribution in [1.82, 2.24) is 10.3 Å². The van der Waals surface area contributed by atoms with Crippen molar-refractivity contribution in [3.8, 4) is 10.6 Å². The summed E-state index contributed by atoms with van der Waals surface area (Å²) in [7, 11) is 0. The van der Waals surface area contributed by atoms with E-state index in [4.69, 9.17) is 23.2 Å². The molecule has 0 spiro atoms. The van der Waals surface area contributed by atoms with Gasteiger partial charge in [-0.1, -0.05) is 29.3 Å². The van der Waals surface area contributed by atoms with Gasteiger partial charge in [0.05, 0.1) is 33.6 Å². The topological polar surface area (TPSA) is 71.1 Å². The van der Waals surface area contributed by atoms with Crippen molar-refractivity contribution in [3.63, 3.8) is 0 Å². The highest BCUT2D eigenvalue weighted by molar-refractivity contribution is 7.17. The van der Waals surface area contributed by atoms with E-state index in [1.54, 1.807) is 29.5 Å². The SMILES string of the molecule is CC(=O)NCc1ccc(-c2csc(NC(=O)Cc3ccc(Cl)c(Cl)c3)n2)s1. The molecule has 140 valence electrons. The first-order valence-corrected chi connectivity index (χ1v) is 10.4. The van der Waals surface area contributed by atoms with Crippen molar-refractivity contribution in [1.29, 1.82) is 0 Å². The van der Waals surface area contributed by atoms with Crippen LogP contribution in [0.2, 0.25) is 10.0 Å². The molecule has 9 heteroatoms. The number of hydrogen-bond acceptors (Lipinski definition) is 5. The number of carbonyl (C=O) groups is 2. The van der Waals surface area contributed by atoms with Gasteiger partial charge in [-0.05, 0) is 29.8 Å². The Labute approximate surface area is 174 Å². The van der Waals surface area contributed by atoms with Crippen molar-refractivity contribution in [3.05, 3.63) is 56.2 Å². The molecule has 0 radical (unpaired) electrons. The van der Waals surface area contributed by atoms with Crippen LogP contribution >= 0.6 is 45.9 Å². The molecule has 2 heterocycles. The van der Waals surface area contributed by atoms with E-state index in [0.29, 0.717) is 21.7 Å². The maximum atomic E-state index is 12.2. The van der Waals surface area contributed by atoms with E-state index in [2.05, 4.69) is 15.6 Å². The number of benzene rings is 1. The van der Waals surface area contributed by atoms with Gasteiger partial charge < -0.3 is 10.6 Å². The Morgan fingerprint density at radius 1 is 1.15 bits per heavy atom. The van der Waals surface area contributed by atoms with E-state index in [1.807, 2.05) is 17.5 Å². The van der Waals surface area contributed by atoms with E-state index in [9.17, 15) is 9.59 Å². The first kappa shape index (κ1) is 19.8. The fourth-order valence-corrected chi connectivity index (χ4v) is 4.30. The van der Waals surface area contributed by atoms with Gasteiger partial charge in [-0.15, -0.1) is 22.7 Å². The predicted molar refractivity (Wildman–Crippen MR) is 112 cm³/mol. The molecule has 2 N–H and O–H groups in total. The van der Waals surface area contributed by atoms with Gasteiger partial charge in [-0.3, -0.25) is 9.59 Å². The van der Waals surface area contributed by atoms with E-state index >= 15 is 0 Å². The number of halogens is 2. The molecule has 3 aromatic rings. The molecule has 0 saturated heterocycles. The second kappa shape index (κ2) is 8.84. The van der Waals surface area contributed by atoms with Gasteiger partial charge >= 0.3 is 0 Å². The number of aromatic nitrogens is 1. The summed E-state index contributed by atoms with van der Waals surface area (Å²) in [5.74, 6) is -0.239. The minimum Gasteiger partial charge on any atom is -0.351 e. The van der Waals surface area contributed by atoms with Gasteiger partial charge in [0, 0.05) is 17.2 Å². The Morgan fingerprint density at radius 2 is 1.96 bits per heavy atom. The first-order chi connectivity index (χ1) is 12.9. The van der Waals surface area contributed by atoms with Crippen LogP contribution in [-0.2, 0) is 22.6 Å². The molecule has 0 unspecified atom stereocenters. The number of rotatable bonds is 6. The number of nitrogens with one attached hydrogen (secondary N) is 2. The second-order valence-electron chi connectivity index (χ2n) is 5.69. The molecule has 0 aliphatic carbocycles. The van der Waals surface area contributed by atoms with Crippen molar-refractivity contribution < 1.29 is 9.59 Å². The van der Waals surface area contributed by atoms with Crippen LogP contribution in [0.15, 0.2) is 35.7 Å². The van der Waals surface area contributed by atoms with Crippen molar-refractivity contribution in [2.75, 3.05) is 5.32 Å². The summed E-state index contributed by atoms with van der Waals surface area (Å²) >= 11 is 14.8. The lowest BCUT2D eigenvalue weighted by Gasteiger charge is -2.03. The van der Waals surface area contributed by atoms with Crippen LogP contribution in [0.25, 0.3) is 10.6 Å². The van der Waals surface area contributed by atoms with E-state index in [1.165, 1.54) is 18.3 Å². The number of amides is 2. The van der Waals surface area contributed by atoms with Crippen LogP contribution in [-0.4, -0.2) is 16.8 Å². The van der Waals surface area contributed by atoms with Crippen LogP contribution in [0.4, 0.5) is 5.13 Å². The molecule has 3 rings (SSSR count). The highest BCUT2D eigenvalue weighted by Gasteiger charge is 2.11.